The first-order valence-corrected chi connectivity index (χ1v) is 10.0. The lowest BCUT2D eigenvalue weighted by atomic mass is 9.76. The van der Waals surface area contributed by atoms with Gasteiger partial charge in [-0.15, -0.1) is 0 Å². The van der Waals surface area contributed by atoms with Gasteiger partial charge in [0, 0.05) is 5.56 Å². The van der Waals surface area contributed by atoms with Crippen molar-refractivity contribution in [2.24, 2.45) is 0 Å². The zero-order valence-electron chi connectivity index (χ0n) is 17.0. The Morgan fingerprint density at radius 2 is 1.81 bits per heavy atom. The normalized spacial score (nSPS) is 20.7. The van der Waals surface area contributed by atoms with Crippen LogP contribution in [0.25, 0.3) is 0 Å². The number of hydrogen-bond acceptors (Lipinski definition) is 6. The third-order valence-electron chi connectivity index (χ3n) is 5.70. The number of nitrogens with zero attached hydrogens (tertiary/aromatic N) is 1. The van der Waals surface area contributed by atoms with Crippen molar-refractivity contribution in [3.63, 3.8) is 0 Å². The molecule has 2 atom stereocenters. The Morgan fingerprint density at radius 3 is 2.55 bits per heavy atom. The van der Waals surface area contributed by atoms with Gasteiger partial charge >= 0.3 is 18.0 Å². The summed E-state index contributed by atoms with van der Waals surface area (Å²) in [4.78, 5) is 51.5. The third kappa shape index (κ3) is 3.65. The van der Waals surface area contributed by atoms with Crippen LogP contribution in [0.2, 0.25) is 0 Å². The van der Waals surface area contributed by atoms with E-state index < -0.39 is 42.1 Å². The number of fused-ring (bicyclic) bond motifs is 2. The average molecular weight is 422 g/mol. The van der Waals surface area contributed by atoms with Crippen molar-refractivity contribution in [3.05, 3.63) is 71.3 Å². The fourth-order valence-electron chi connectivity index (χ4n) is 4.24. The highest BCUT2D eigenvalue weighted by Gasteiger charge is 2.54. The zero-order valence-corrected chi connectivity index (χ0v) is 17.0. The summed E-state index contributed by atoms with van der Waals surface area (Å²) >= 11 is 0. The predicted molar refractivity (Wildman–Crippen MR) is 109 cm³/mol. The Bertz CT molecular complexity index is 1040. The summed E-state index contributed by atoms with van der Waals surface area (Å²) in [5.41, 5.74) is 1.01. The van der Waals surface area contributed by atoms with Crippen LogP contribution in [-0.4, -0.2) is 42.4 Å². The molecule has 2 aliphatic rings. The number of benzene rings is 2. The summed E-state index contributed by atoms with van der Waals surface area (Å²) in [7, 11) is 1.19. The van der Waals surface area contributed by atoms with Crippen molar-refractivity contribution in [1.82, 2.24) is 10.2 Å². The Hall–Kier alpha value is -3.68. The molecule has 31 heavy (non-hydrogen) atoms. The van der Waals surface area contributed by atoms with Crippen molar-refractivity contribution < 1.29 is 28.7 Å². The van der Waals surface area contributed by atoms with Crippen LogP contribution in [0.4, 0.5) is 4.79 Å². The summed E-state index contributed by atoms with van der Waals surface area (Å²) < 4.78 is 10.0. The lowest BCUT2D eigenvalue weighted by molar-refractivity contribution is -0.167. The molecule has 2 aromatic rings. The molecule has 8 heteroatoms. The van der Waals surface area contributed by atoms with E-state index in [1.54, 1.807) is 30.3 Å². The lowest BCUT2D eigenvalue weighted by Crippen LogP contribution is -2.46. The molecule has 0 bridgehead atoms. The van der Waals surface area contributed by atoms with Gasteiger partial charge in [0.05, 0.1) is 7.11 Å². The summed E-state index contributed by atoms with van der Waals surface area (Å²) in [6.07, 6.45) is 0.721. The molecule has 2 aromatic carbocycles. The minimum atomic E-state index is -1.29. The maximum absolute atomic E-state index is 13.3. The number of hydrogen-bond donors (Lipinski definition) is 1. The van der Waals surface area contributed by atoms with Crippen LogP contribution in [0.3, 0.4) is 0 Å². The van der Waals surface area contributed by atoms with Gasteiger partial charge in [0.25, 0.3) is 5.91 Å². The molecule has 1 spiro atoms. The number of carbonyl (C=O) groups is 4. The second-order valence-electron chi connectivity index (χ2n) is 7.54. The average Bonchev–Trinajstić information content (AvgIpc) is 3.02. The molecule has 8 nitrogen and oxygen atoms in total. The quantitative estimate of drug-likeness (QED) is 0.586. The summed E-state index contributed by atoms with van der Waals surface area (Å²) in [6, 6.07) is 15.2. The van der Waals surface area contributed by atoms with Crippen molar-refractivity contribution in [3.8, 4) is 0 Å². The minimum Gasteiger partial charge on any atom is -0.466 e. The minimum absolute atomic E-state index is 0.428. The van der Waals surface area contributed by atoms with E-state index in [0.29, 0.717) is 12.0 Å². The number of amides is 3. The summed E-state index contributed by atoms with van der Waals surface area (Å²) in [6.45, 7) is -0.602. The molecule has 2 unspecified atom stereocenters. The van der Waals surface area contributed by atoms with E-state index in [4.69, 9.17) is 9.47 Å². The van der Waals surface area contributed by atoms with Crippen molar-refractivity contribution in [2.45, 2.75) is 30.9 Å². The molecular weight excluding hydrogens is 400 g/mol. The van der Waals surface area contributed by atoms with Crippen LogP contribution in [0.15, 0.2) is 54.6 Å². The van der Waals surface area contributed by atoms with E-state index in [9.17, 15) is 19.2 Å². The first kappa shape index (κ1) is 20.6. The fourth-order valence-corrected chi connectivity index (χ4v) is 4.24. The molecule has 0 aromatic heterocycles. The van der Waals surface area contributed by atoms with Gasteiger partial charge in [-0.05, 0) is 30.4 Å². The van der Waals surface area contributed by atoms with Gasteiger partial charge in [0.15, 0.2) is 0 Å². The number of methoxy groups -OCH3 is 1. The number of rotatable bonds is 5. The second kappa shape index (κ2) is 8.22. The van der Waals surface area contributed by atoms with Crippen molar-refractivity contribution in [1.29, 1.82) is 0 Å². The Balaban J connectivity index is 1.53. The van der Waals surface area contributed by atoms with Gasteiger partial charge in [-0.2, -0.15) is 0 Å². The first-order valence-electron chi connectivity index (χ1n) is 10.0. The Morgan fingerprint density at radius 1 is 1.10 bits per heavy atom. The van der Waals surface area contributed by atoms with E-state index in [0.717, 1.165) is 28.9 Å². The van der Waals surface area contributed by atoms with E-state index in [2.05, 4.69) is 5.32 Å². The number of carbonyl (C=O) groups excluding carboxylic acids is 4. The molecule has 1 saturated heterocycles. The Kier molecular flexibility index (Phi) is 5.46. The van der Waals surface area contributed by atoms with E-state index in [1.165, 1.54) is 7.11 Å². The molecular formula is C23H22N2O6. The third-order valence-corrected chi connectivity index (χ3v) is 5.70. The van der Waals surface area contributed by atoms with E-state index >= 15 is 0 Å². The zero-order chi connectivity index (χ0) is 22.0. The van der Waals surface area contributed by atoms with E-state index in [-0.39, 0.29) is 0 Å². The molecule has 1 heterocycles. The van der Waals surface area contributed by atoms with Gasteiger partial charge in [0.2, 0.25) is 6.10 Å². The van der Waals surface area contributed by atoms with Crippen LogP contribution in [0, 0.1) is 0 Å². The second-order valence-corrected chi connectivity index (χ2v) is 7.54. The predicted octanol–water partition coefficient (Wildman–Crippen LogP) is 2.23. The van der Waals surface area contributed by atoms with Crippen LogP contribution >= 0.6 is 0 Å². The van der Waals surface area contributed by atoms with Gasteiger partial charge in [-0.3, -0.25) is 14.5 Å². The van der Waals surface area contributed by atoms with Crippen LogP contribution in [0.5, 0.6) is 0 Å². The number of ether oxygens (including phenoxy) is 2. The number of urea groups is 1. The molecule has 4 rings (SSSR count). The van der Waals surface area contributed by atoms with Gasteiger partial charge in [-0.1, -0.05) is 54.6 Å². The molecule has 1 aliphatic heterocycles. The highest BCUT2D eigenvalue weighted by atomic mass is 16.6. The van der Waals surface area contributed by atoms with Crippen molar-refractivity contribution in [2.75, 3.05) is 13.7 Å². The molecule has 1 aliphatic carbocycles. The monoisotopic (exact) mass is 422 g/mol. The highest BCUT2D eigenvalue weighted by Crippen LogP contribution is 2.39. The number of esters is 2. The SMILES string of the molecule is COC(=O)C(OC(=O)CN1C(=O)NC2(CCCc3ccccc32)C1=O)c1ccccc1. The summed E-state index contributed by atoms with van der Waals surface area (Å²) in [5.74, 6) is -2.13. The molecule has 0 saturated carbocycles. The number of imide groups is 1. The van der Waals surface area contributed by atoms with Crippen molar-refractivity contribution >= 4 is 23.9 Å². The van der Waals surface area contributed by atoms with Gasteiger partial charge in [0.1, 0.15) is 12.1 Å². The number of aryl methyl sites for hydroxylation is 1. The highest BCUT2D eigenvalue weighted by molar-refractivity contribution is 6.09. The van der Waals surface area contributed by atoms with Gasteiger partial charge < -0.3 is 14.8 Å². The van der Waals surface area contributed by atoms with Crippen LogP contribution < -0.4 is 5.32 Å². The van der Waals surface area contributed by atoms with Crippen LogP contribution in [-0.2, 0) is 35.8 Å². The standard InChI is InChI=1S/C23H22N2O6/c1-30-20(27)19(16-9-3-2-4-10-16)31-18(26)14-25-21(28)23(24-22(25)29)13-7-11-15-8-5-6-12-17(15)23/h2-6,8-10,12,19H,7,11,13-14H2,1H3,(H,24,29). The van der Waals surface area contributed by atoms with Gasteiger partial charge in [-0.25, -0.2) is 9.59 Å². The molecule has 3 amide bonds. The molecule has 1 fully saturated rings. The molecule has 1 N–H and O–H groups in total. The smallest absolute Gasteiger partial charge is 0.351 e. The Labute approximate surface area is 179 Å². The lowest BCUT2D eigenvalue weighted by Gasteiger charge is -2.33. The topological polar surface area (TPSA) is 102 Å². The number of nitrogens with one attached hydrogen (secondary N) is 1. The maximum atomic E-state index is 13.3. The first-order chi connectivity index (χ1) is 15.0. The maximum Gasteiger partial charge on any atom is 0.351 e. The largest absolute Gasteiger partial charge is 0.466 e. The summed E-state index contributed by atoms with van der Waals surface area (Å²) in [5, 5.41) is 2.79. The molecule has 0 radical (unpaired) electrons. The van der Waals surface area contributed by atoms with Crippen LogP contribution in [0.1, 0.15) is 35.6 Å². The van der Waals surface area contributed by atoms with E-state index in [1.807, 2.05) is 24.3 Å². The fraction of sp³-hybridized carbons (Fsp3) is 0.304. The molecule has 160 valence electrons.